The van der Waals surface area contributed by atoms with E-state index in [2.05, 4.69) is 20.3 Å². The van der Waals surface area contributed by atoms with Crippen LogP contribution in [-0.2, 0) is 6.54 Å². The molecule has 2 heterocycles. The molecule has 4 nitrogen and oxygen atoms in total. The third-order valence-electron chi connectivity index (χ3n) is 1.71. The number of anilines is 1. The van der Waals surface area contributed by atoms with Gasteiger partial charge in [0, 0.05) is 17.3 Å². The van der Waals surface area contributed by atoms with Crippen molar-refractivity contribution in [3.8, 4) is 0 Å². The van der Waals surface area contributed by atoms with Gasteiger partial charge in [0.25, 0.3) is 0 Å². The molecule has 2 aromatic heterocycles. The molecule has 14 heavy (non-hydrogen) atoms. The van der Waals surface area contributed by atoms with Crippen LogP contribution in [0.4, 0.5) is 5.95 Å². The standard InChI is InChI=1S/C9H10N4S/c1-7-2-3-10-9(13-7)11-4-8-5-14-6-12-8/h2-3,5-6H,4H2,1H3,(H,10,11,13). The molecule has 0 fully saturated rings. The van der Waals surface area contributed by atoms with Gasteiger partial charge in [0.15, 0.2) is 0 Å². The van der Waals surface area contributed by atoms with Crippen LogP contribution in [0, 0.1) is 6.92 Å². The van der Waals surface area contributed by atoms with Gasteiger partial charge in [0.05, 0.1) is 17.7 Å². The Morgan fingerprint density at radius 1 is 1.43 bits per heavy atom. The van der Waals surface area contributed by atoms with E-state index in [1.54, 1.807) is 17.5 Å². The fraction of sp³-hybridized carbons (Fsp3) is 0.222. The molecule has 2 aromatic rings. The predicted molar refractivity (Wildman–Crippen MR) is 56.2 cm³/mol. The molecule has 1 N–H and O–H groups in total. The molecule has 5 heteroatoms. The van der Waals surface area contributed by atoms with Gasteiger partial charge in [-0.05, 0) is 13.0 Å². The summed E-state index contributed by atoms with van der Waals surface area (Å²) in [6.07, 6.45) is 1.74. The van der Waals surface area contributed by atoms with Crippen LogP contribution >= 0.6 is 11.3 Å². The van der Waals surface area contributed by atoms with Crippen molar-refractivity contribution in [2.75, 3.05) is 5.32 Å². The Hall–Kier alpha value is -1.49. The van der Waals surface area contributed by atoms with Crippen molar-refractivity contribution >= 4 is 17.3 Å². The summed E-state index contributed by atoms with van der Waals surface area (Å²) in [6.45, 7) is 2.61. The number of nitrogens with one attached hydrogen (secondary N) is 1. The molecule has 0 saturated heterocycles. The van der Waals surface area contributed by atoms with Crippen molar-refractivity contribution in [2.24, 2.45) is 0 Å². The second-order valence-corrected chi connectivity index (χ2v) is 3.57. The normalized spacial score (nSPS) is 10.1. The third-order valence-corrected chi connectivity index (χ3v) is 2.34. The van der Waals surface area contributed by atoms with Gasteiger partial charge in [0.2, 0.25) is 5.95 Å². The molecular weight excluding hydrogens is 196 g/mol. The molecule has 0 atom stereocenters. The fourth-order valence-electron chi connectivity index (χ4n) is 1.03. The van der Waals surface area contributed by atoms with Gasteiger partial charge in [-0.3, -0.25) is 0 Å². The Labute approximate surface area is 86.1 Å². The zero-order valence-electron chi connectivity index (χ0n) is 7.77. The topological polar surface area (TPSA) is 50.7 Å². The SMILES string of the molecule is Cc1ccnc(NCc2cscn2)n1. The Morgan fingerprint density at radius 3 is 3.07 bits per heavy atom. The van der Waals surface area contributed by atoms with Gasteiger partial charge in [-0.1, -0.05) is 0 Å². The first kappa shape index (κ1) is 9.08. The number of nitrogens with zero attached hydrogens (tertiary/aromatic N) is 3. The number of rotatable bonds is 3. The summed E-state index contributed by atoms with van der Waals surface area (Å²) in [7, 11) is 0. The van der Waals surface area contributed by atoms with Crippen LogP contribution in [0.2, 0.25) is 0 Å². The molecule has 0 amide bonds. The summed E-state index contributed by atoms with van der Waals surface area (Å²) in [5.74, 6) is 0.651. The minimum atomic E-state index is 0.651. The van der Waals surface area contributed by atoms with E-state index in [-0.39, 0.29) is 0 Å². The maximum atomic E-state index is 4.23. The van der Waals surface area contributed by atoms with Gasteiger partial charge in [-0.15, -0.1) is 11.3 Å². The molecule has 72 valence electrons. The quantitative estimate of drug-likeness (QED) is 0.832. The molecule has 0 aromatic carbocycles. The van der Waals surface area contributed by atoms with Crippen LogP contribution < -0.4 is 5.32 Å². The minimum Gasteiger partial charge on any atom is -0.349 e. The van der Waals surface area contributed by atoms with Crippen LogP contribution in [0.15, 0.2) is 23.2 Å². The van der Waals surface area contributed by atoms with E-state index in [9.17, 15) is 0 Å². The zero-order valence-corrected chi connectivity index (χ0v) is 8.58. The van der Waals surface area contributed by atoms with Crippen LogP contribution in [0.3, 0.4) is 0 Å². The summed E-state index contributed by atoms with van der Waals surface area (Å²) in [5.41, 5.74) is 3.79. The van der Waals surface area contributed by atoms with Crippen molar-refractivity contribution in [3.05, 3.63) is 34.5 Å². The Morgan fingerprint density at radius 2 is 2.36 bits per heavy atom. The minimum absolute atomic E-state index is 0.651. The maximum absolute atomic E-state index is 4.23. The lowest BCUT2D eigenvalue weighted by molar-refractivity contribution is 1.00. The molecule has 0 spiro atoms. The predicted octanol–water partition coefficient (Wildman–Crippen LogP) is 1.85. The van der Waals surface area contributed by atoms with Crippen molar-refractivity contribution in [3.63, 3.8) is 0 Å². The van der Waals surface area contributed by atoms with E-state index in [4.69, 9.17) is 0 Å². The first-order valence-corrected chi connectivity index (χ1v) is 5.19. The van der Waals surface area contributed by atoms with E-state index < -0.39 is 0 Å². The smallest absolute Gasteiger partial charge is 0.223 e. The number of hydrogen-bond acceptors (Lipinski definition) is 5. The largest absolute Gasteiger partial charge is 0.349 e. The molecule has 0 aliphatic rings. The Balaban J connectivity index is 1.98. The van der Waals surface area contributed by atoms with Crippen molar-refractivity contribution in [1.29, 1.82) is 0 Å². The molecule has 0 aliphatic carbocycles. The summed E-state index contributed by atoms with van der Waals surface area (Å²) in [4.78, 5) is 12.5. The lowest BCUT2D eigenvalue weighted by atomic mass is 10.4. The molecule has 2 rings (SSSR count). The fourth-order valence-corrected chi connectivity index (χ4v) is 1.59. The van der Waals surface area contributed by atoms with Gasteiger partial charge in [0.1, 0.15) is 0 Å². The van der Waals surface area contributed by atoms with Crippen molar-refractivity contribution in [2.45, 2.75) is 13.5 Å². The van der Waals surface area contributed by atoms with Crippen molar-refractivity contribution < 1.29 is 0 Å². The number of thiazole rings is 1. The van der Waals surface area contributed by atoms with Crippen LogP contribution in [0.1, 0.15) is 11.4 Å². The third kappa shape index (κ3) is 2.26. The van der Waals surface area contributed by atoms with Gasteiger partial charge in [-0.2, -0.15) is 0 Å². The summed E-state index contributed by atoms with van der Waals surface area (Å²) >= 11 is 1.59. The molecule has 0 aliphatic heterocycles. The van der Waals surface area contributed by atoms with Gasteiger partial charge in [-0.25, -0.2) is 15.0 Å². The van der Waals surface area contributed by atoms with E-state index in [0.29, 0.717) is 12.5 Å². The molecular formula is C9H10N4S. The van der Waals surface area contributed by atoms with Gasteiger partial charge < -0.3 is 5.32 Å². The zero-order chi connectivity index (χ0) is 9.80. The molecule has 0 radical (unpaired) electrons. The summed E-state index contributed by atoms with van der Waals surface area (Å²) in [6, 6.07) is 1.87. The second-order valence-electron chi connectivity index (χ2n) is 2.85. The highest BCUT2D eigenvalue weighted by molar-refractivity contribution is 7.07. The van der Waals surface area contributed by atoms with E-state index in [1.165, 1.54) is 0 Å². The van der Waals surface area contributed by atoms with E-state index in [1.807, 2.05) is 23.9 Å². The molecule has 0 saturated carbocycles. The highest BCUT2D eigenvalue weighted by atomic mass is 32.1. The lowest BCUT2D eigenvalue weighted by Crippen LogP contribution is -2.03. The average Bonchev–Trinajstić information content (AvgIpc) is 2.67. The van der Waals surface area contributed by atoms with Crippen LogP contribution in [-0.4, -0.2) is 15.0 Å². The van der Waals surface area contributed by atoms with E-state index >= 15 is 0 Å². The van der Waals surface area contributed by atoms with E-state index in [0.717, 1.165) is 11.4 Å². The van der Waals surface area contributed by atoms with Crippen LogP contribution in [0.5, 0.6) is 0 Å². The number of hydrogen-bond donors (Lipinski definition) is 1. The van der Waals surface area contributed by atoms with Crippen LogP contribution in [0.25, 0.3) is 0 Å². The number of aromatic nitrogens is 3. The Kier molecular flexibility index (Phi) is 2.69. The summed E-state index contributed by atoms with van der Waals surface area (Å²) in [5, 5.41) is 5.11. The van der Waals surface area contributed by atoms with Gasteiger partial charge >= 0.3 is 0 Å². The highest BCUT2D eigenvalue weighted by Gasteiger charge is 1.97. The summed E-state index contributed by atoms with van der Waals surface area (Å²) < 4.78 is 0. The first-order valence-electron chi connectivity index (χ1n) is 4.25. The monoisotopic (exact) mass is 206 g/mol. The molecule has 0 unspecified atom stereocenters. The lowest BCUT2D eigenvalue weighted by Gasteiger charge is -2.02. The second kappa shape index (κ2) is 4.15. The Bertz CT molecular complexity index is 399. The molecule has 0 bridgehead atoms. The average molecular weight is 206 g/mol. The number of aryl methyl sites for hydroxylation is 1. The first-order chi connectivity index (χ1) is 6.84. The highest BCUT2D eigenvalue weighted by Crippen LogP contribution is 2.04. The maximum Gasteiger partial charge on any atom is 0.223 e. The van der Waals surface area contributed by atoms with Crippen molar-refractivity contribution in [1.82, 2.24) is 15.0 Å².